The maximum Gasteiger partial charge on any atom is 0.408 e. The van der Waals surface area contributed by atoms with Crippen molar-refractivity contribution < 1.29 is 18.7 Å². The molecule has 0 bridgehead atoms. The maximum absolute atomic E-state index is 13.6. The fourth-order valence-electron chi connectivity index (χ4n) is 2.00. The smallest absolute Gasteiger partial charge is 0.408 e. The molecule has 0 radical (unpaired) electrons. The van der Waals surface area contributed by atoms with E-state index in [1.165, 1.54) is 37.5 Å². The Labute approximate surface area is 156 Å². The van der Waals surface area contributed by atoms with Gasteiger partial charge in [-0.25, -0.2) is 19.2 Å². The highest BCUT2D eigenvalue weighted by Gasteiger charge is 2.21. The summed E-state index contributed by atoms with van der Waals surface area (Å²) in [5, 5.41) is 7.92. The standard InChI is InChI=1S/C18H22FN5O3/c1-11(22-17(26)27-18(2,3)4)15(25)23-13-7-6-12(19)10-14(13)24-16-20-8-5-9-21-16/h5-11H,1-4H3,(H,22,26)(H,23,25)(H,20,21,24). The summed E-state index contributed by atoms with van der Waals surface area (Å²) in [5.41, 5.74) is -0.0880. The van der Waals surface area contributed by atoms with Crippen molar-refractivity contribution in [3.63, 3.8) is 0 Å². The van der Waals surface area contributed by atoms with Crippen LogP contribution in [0.1, 0.15) is 27.7 Å². The minimum Gasteiger partial charge on any atom is -0.444 e. The van der Waals surface area contributed by atoms with Crippen LogP contribution in [0.25, 0.3) is 0 Å². The second-order valence-electron chi connectivity index (χ2n) is 6.74. The van der Waals surface area contributed by atoms with Crippen molar-refractivity contribution in [3.05, 3.63) is 42.5 Å². The van der Waals surface area contributed by atoms with E-state index in [2.05, 4.69) is 25.9 Å². The molecular formula is C18H22FN5O3. The molecule has 1 atom stereocenters. The van der Waals surface area contributed by atoms with Crippen LogP contribution < -0.4 is 16.0 Å². The number of carbonyl (C=O) groups excluding carboxylic acids is 2. The van der Waals surface area contributed by atoms with Gasteiger partial charge in [-0.1, -0.05) is 0 Å². The molecular weight excluding hydrogens is 353 g/mol. The number of ether oxygens (including phenoxy) is 1. The SMILES string of the molecule is CC(NC(=O)OC(C)(C)C)C(=O)Nc1ccc(F)cc1Nc1ncccn1. The van der Waals surface area contributed by atoms with Gasteiger partial charge in [-0.15, -0.1) is 0 Å². The number of halogens is 1. The van der Waals surface area contributed by atoms with Crippen LogP contribution in [0, 0.1) is 5.82 Å². The number of benzene rings is 1. The van der Waals surface area contributed by atoms with Crippen molar-refractivity contribution in [2.45, 2.75) is 39.3 Å². The minimum atomic E-state index is -0.870. The molecule has 3 N–H and O–H groups in total. The van der Waals surface area contributed by atoms with Crippen molar-refractivity contribution in [3.8, 4) is 0 Å². The second kappa shape index (κ2) is 8.43. The van der Waals surface area contributed by atoms with Crippen LogP contribution in [0.3, 0.4) is 0 Å². The molecule has 8 nitrogen and oxygen atoms in total. The molecule has 144 valence electrons. The van der Waals surface area contributed by atoms with Gasteiger partial charge in [-0.05, 0) is 52.0 Å². The number of carbonyl (C=O) groups is 2. The Morgan fingerprint density at radius 2 is 1.81 bits per heavy atom. The van der Waals surface area contributed by atoms with Gasteiger partial charge in [0.2, 0.25) is 11.9 Å². The number of nitrogens with zero attached hydrogens (tertiary/aromatic N) is 2. The number of alkyl carbamates (subject to hydrolysis) is 1. The number of hydrogen-bond acceptors (Lipinski definition) is 6. The molecule has 1 unspecified atom stereocenters. The maximum atomic E-state index is 13.6. The lowest BCUT2D eigenvalue weighted by atomic mass is 10.2. The Kier molecular flexibility index (Phi) is 6.27. The van der Waals surface area contributed by atoms with Crippen LogP contribution >= 0.6 is 0 Å². The first kappa shape index (κ1) is 20.1. The fourth-order valence-corrected chi connectivity index (χ4v) is 2.00. The third-order valence-electron chi connectivity index (χ3n) is 3.18. The molecule has 0 aliphatic rings. The van der Waals surface area contributed by atoms with Crippen molar-refractivity contribution in [2.24, 2.45) is 0 Å². The highest BCUT2D eigenvalue weighted by Crippen LogP contribution is 2.25. The third-order valence-corrected chi connectivity index (χ3v) is 3.18. The number of hydrogen-bond donors (Lipinski definition) is 3. The number of amides is 2. The molecule has 0 fully saturated rings. The summed E-state index contributed by atoms with van der Waals surface area (Å²) in [7, 11) is 0. The molecule has 0 saturated carbocycles. The molecule has 0 spiro atoms. The van der Waals surface area contributed by atoms with Crippen molar-refractivity contribution in [1.29, 1.82) is 0 Å². The predicted molar refractivity (Wildman–Crippen MR) is 99.2 cm³/mol. The Morgan fingerprint density at radius 3 is 2.44 bits per heavy atom. The van der Waals surface area contributed by atoms with Gasteiger partial charge in [0.05, 0.1) is 11.4 Å². The molecule has 2 rings (SSSR count). The molecule has 2 amide bonds. The van der Waals surface area contributed by atoms with Gasteiger partial charge >= 0.3 is 6.09 Å². The fraction of sp³-hybridized carbons (Fsp3) is 0.333. The van der Waals surface area contributed by atoms with E-state index in [9.17, 15) is 14.0 Å². The number of nitrogens with one attached hydrogen (secondary N) is 3. The predicted octanol–water partition coefficient (Wildman–Crippen LogP) is 3.21. The van der Waals surface area contributed by atoms with Gasteiger partial charge in [0.25, 0.3) is 0 Å². The van der Waals surface area contributed by atoms with Gasteiger partial charge in [-0.3, -0.25) is 4.79 Å². The number of rotatable bonds is 5. The van der Waals surface area contributed by atoms with E-state index in [-0.39, 0.29) is 11.6 Å². The summed E-state index contributed by atoms with van der Waals surface area (Å²) in [5.74, 6) is -0.741. The zero-order valence-electron chi connectivity index (χ0n) is 15.5. The van der Waals surface area contributed by atoms with Crippen molar-refractivity contribution >= 4 is 29.3 Å². The van der Waals surface area contributed by atoms with E-state index >= 15 is 0 Å². The molecule has 1 aromatic heterocycles. The summed E-state index contributed by atoms with van der Waals surface area (Å²) in [4.78, 5) is 32.2. The zero-order valence-corrected chi connectivity index (χ0v) is 15.5. The summed E-state index contributed by atoms with van der Waals surface area (Å²) < 4.78 is 18.7. The van der Waals surface area contributed by atoms with Gasteiger partial charge < -0.3 is 20.7 Å². The van der Waals surface area contributed by atoms with Crippen LogP contribution in [-0.2, 0) is 9.53 Å². The first-order valence-corrected chi connectivity index (χ1v) is 8.28. The highest BCUT2D eigenvalue weighted by atomic mass is 19.1. The van der Waals surface area contributed by atoms with Gasteiger partial charge in [0.15, 0.2) is 0 Å². The summed E-state index contributed by atoms with van der Waals surface area (Å²) in [6.45, 7) is 6.68. The lowest BCUT2D eigenvalue weighted by molar-refractivity contribution is -0.117. The van der Waals surface area contributed by atoms with E-state index in [0.717, 1.165) is 0 Å². The topological polar surface area (TPSA) is 105 Å². The van der Waals surface area contributed by atoms with Crippen LogP contribution in [0.15, 0.2) is 36.7 Å². The lowest BCUT2D eigenvalue weighted by Crippen LogP contribution is -2.44. The number of anilines is 3. The van der Waals surface area contributed by atoms with Crippen molar-refractivity contribution in [2.75, 3.05) is 10.6 Å². The highest BCUT2D eigenvalue weighted by molar-refractivity contribution is 5.99. The molecule has 1 aromatic carbocycles. The average molecular weight is 375 g/mol. The van der Waals surface area contributed by atoms with Gasteiger partial charge in [0, 0.05) is 12.4 Å². The summed E-state index contributed by atoms with van der Waals surface area (Å²) in [6, 6.07) is 4.59. The summed E-state index contributed by atoms with van der Waals surface area (Å²) >= 11 is 0. The molecule has 0 saturated heterocycles. The average Bonchev–Trinajstić information content (AvgIpc) is 2.56. The monoisotopic (exact) mass is 375 g/mol. The Balaban J connectivity index is 2.07. The van der Waals surface area contributed by atoms with Crippen LogP contribution in [0.4, 0.5) is 26.5 Å². The molecule has 0 aliphatic carbocycles. The summed E-state index contributed by atoms with van der Waals surface area (Å²) in [6.07, 6.45) is 2.35. The first-order valence-electron chi connectivity index (χ1n) is 8.28. The first-order chi connectivity index (χ1) is 12.6. The van der Waals surface area contributed by atoms with E-state index < -0.39 is 29.5 Å². The van der Waals surface area contributed by atoms with Gasteiger partial charge in [-0.2, -0.15) is 0 Å². The Bertz CT molecular complexity index is 808. The third kappa shape index (κ3) is 6.53. The molecule has 1 heterocycles. The Morgan fingerprint density at radius 1 is 1.15 bits per heavy atom. The van der Waals surface area contributed by atoms with Gasteiger partial charge in [0.1, 0.15) is 17.5 Å². The molecule has 9 heteroatoms. The van der Waals surface area contributed by atoms with Crippen LogP contribution in [-0.4, -0.2) is 33.6 Å². The normalized spacial score (nSPS) is 12.0. The van der Waals surface area contributed by atoms with Crippen LogP contribution in [0.5, 0.6) is 0 Å². The Hall–Kier alpha value is -3.23. The van der Waals surface area contributed by atoms with E-state index in [1.807, 2.05) is 0 Å². The minimum absolute atomic E-state index is 0.249. The lowest BCUT2D eigenvalue weighted by Gasteiger charge is -2.22. The largest absolute Gasteiger partial charge is 0.444 e. The molecule has 0 aliphatic heterocycles. The second-order valence-corrected chi connectivity index (χ2v) is 6.74. The quantitative estimate of drug-likeness (QED) is 0.741. The number of aromatic nitrogens is 2. The van der Waals surface area contributed by atoms with Crippen molar-refractivity contribution in [1.82, 2.24) is 15.3 Å². The zero-order chi connectivity index (χ0) is 20.0. The van der Waals surface area contributed by atoms with Crippen LogP contribution in [0.2, 0.25) is 0 Å². The van der Waals surface area contributed by atoms with E-state index in [1.54, 1.807) is 26.8 Å². The van der Waals surface area contributed by atoms with E-state index in [4.69, 9.17) is 4.74 Å². The van der Waals surface area contributed by atoms with E-state index in [0.29, 0.717) is 5.69 Å². The molecule has 2 aromatic rings. The molecule has 27 heavy (non-hydrogen) atoms.